The van der Waals surface area contributed by atoms with Gasteiger partial charge in [-0.25, -0.2) is 0 Å². The third-order valence-corrected chi connectivity index (χ3v) is 11.9. The van der Waals surface area contributed by atoms with E-state index in [1.54, 1.807) is 0 Å². The average molecular weight is 765 g/mol. The molecule has 1 aromatic heterocycles. The molecule has 284 valence electrons. The highest BCUT2D eigenvalue weighted by atomic mass is 16.5. The molecule has 0 radical (unpaired) electrons. The van der Waals surface area contributed by atoms with Crippen molar-refractivity contribution in [2.24, 2.45) is 0 Å². The van der Waals surface area contributed by atoms with Gasteiger partial charge in [-0.15, -0.1) is 0 Å². The van der Waals surface area contributed by atoms with Gasteiger partial charge in [-0.3, -0.25) is 0 Å². The molecule has 0 saturated carbocycles. The normalized spacial score (nSPS) is 12.4. The number of anilines is 6. The molecule has 6 heteroatoms. The Morgan fingerprint density at radius 3 is 1.51 bits per heavy atom. The van der Waals surface area contributed by atoms with Crippen LogP contribution in [-0.4, -0.2) is 6.71 Å². The number of benzene rings is 8. The summed E-state index contributed by atoms with van der Waals surface area (Å²) in [6.45, 7) is 10.4. The molecular formula is C53H41BN2O3. The minimum atomic E-state index is -0.192. The lowest BCUT2D eigenvalue weighted by molar-refractivity contribution is 0.462. The summed E-state index contributed by atoms with van der Waals surface area (Å²) in [6, 6.07) is 56.3. The van der Waals surface area contributed by atoms with Crippen molar-refractivity contribution in [3.8, 4) is 23.0 Å². The Labute approximate surface area is 344 Å². The topological polar surface area (TPSA) is 38.1 Å². The summed E-state index contributed by atoms with van der Waals surface area (Å²) in [5.41, 5.74) is 16.8. The summed E-state index contributed by atoms with van der Waals surface area (Å²) in [6.07, 6.45) is 0. The van der Waals surface area contributed by atoms with Crippen LogP contribution in [0.25, 0.3) is 21.9 Å². The number of hydrogen-bond donors (Lipinski definition) is 0. The first-order chi connectivity index (χ1) is 28.8. The van der Waals surface area contributed by atoms with E-state index >= 15 is 0 Å². The minimum absolute atomic E-state index is 0.192. The lowest BCUT2D eigenvalue weighted by atomic mass is 9.34. The molecule has 0 aliphatic carbocycles. The number of furan rings is 1. The van der Waals surface area contributed by atoms with Gasteiger partial charge in [-0.1, -0.05) is 107 Å². The van der Waals surface area contributed by atoms with Crippen molar-refractivity contribution in [3.05, 3.63) is 186 Å². The number of hydrogen-bond acceptors (Lipinski definition) is 5. The monoisotopic (exact) mass is 764 g/mol. The first-order valence-corrected chi connectivity index (χ1v) is 20.3. The second-order valence-corrected chi connectivity index (χ2v) is 16.2. The first kappa shape index (κ1) is 35.0. The van der Waals surface area contributed by atoms with Crippen molar-refractivity contribution >= 4 is 79.2 Å². The van der Waals surface area contributed by atoms with E-state index in [1.807, 2.05) is 6.07 Å². The van der Waals surface area contributed by atoms with Crippen molar-refractivity contribution in [2.45, 2.75) is 34.6 Å². The number of para-hydroxylation sites is 1. The largest absolute Gasteiger partial charge is 0.458 e. The van der Waals surface area contributed by atoms with Gasteiger partial charge in [0.25, 0.3) is 6.71 Å². The molecular weight excluding hydrogens is 723 g/mol. The predicted octanol–water partition coefficient (Wildman–Crippen LogP) is 12.8. The molecule has 0 fully saturated rings. The fourth-order valence-corrected chi connectivity index (χ4v) is 8.88. The fraction of sp³-hybridized carbons (Fsp3) is 0.0943. The first-order valence-electron chi connectivity index (χ1n) is 20.3. The second-order valence-electron chi connectivity index (χ2n) is 16.2. The van der Waals surface area contributed by atoms with Gasteiger partial charge in [-0.05, 0) is 112 Å². The summed E-state index contributed by atoms with van der Waals surface area (Å²) >= 11 is 0. The maximum atomic E-state index is 7.27. The maximum Gasteiger partial charge on any atom is 0.260 e. The molecule has 59 heavy (non-hydrogen) atoms. The van der Waals surface area contributed by atoms with Crippen molar-refractivity contribution in [2.75, 3.05) is 9.80 Å². The second kappa shape index (κ2) is 13.5. The summed E-state index contributed by atoms with van der Waals surface area (Å²) < 4.78 is 21.2. The third kappa shape index (κ3) is 5.78. The van der Waals surface area contributed by atoms with Crippen molar-refractivity contribution in [3.63, 3.8) is 0 Å². The van der Waals surface area contributed by atoms with Crippen molar-refractivity contribution in [1.82, 2.24) is 0 Å². The Kier molecular flexibility index (Phi) is 7.99. The molecule has 8 aromatic carbocycles. The van der Waals surface area contributed by atoms with Gasteiger partial charge in [0, 0.05) is 45.7 Å². The summed E-state index contributed by atoms with van der Waals surface area (Å²) in [5, 5.41) is 2.03. The van der Waals surface area contributed by atoms with Gasteiger partial charge in [0.05, 0.1) is 16.8 Å². The lowest BCUT2D eigenvalue weighted by Crippen LogP contribution is -2.57. The summed E-state index contributed by atoms with van der Waals surface area (Å²) in [4.78, 5) is 4.64. The molecule has 5 nitrogen and oxygen atoms in total. The Morgan fingerprint density at radius 2 is 0.932 bits per heavy atom. The standard InChI is InChI=1S/C53H41BN2O3/c1-32-10-19-37(20-11-32)55(38-21-12-33(2)13-22-38)41-29-48-51-49(30-41)59-52-44(54(51)43-28-36(5)18-27-47(43)57-48)31-45(50-42-8-6-7-9-46(42)58-53(50)52)56(39-23-14-34(3)15-24-39)40-25-16-35(4)17-26-40/h6-31H,1-5H3. The van der Waals surface area contributed by atoms with Crippen LogP contribution in [-0.2, 0) is 0 Å². The van der Waals surface area contributed by atoms with Crippen LogP contribution in [0.1, 0.15) is 27.8 Å². The summed E-state index contributed by atoms with van der Waals surface area (Å²) in [5.74, 6) is 3.07. The van der Waals surface area contributed by atoms with Crippen LogP contribution in [0.3, 0.4) is 0 Å². The zero-order valence-corrected chi connectivity index (χ0v) is 33.7. The highest BCUT2D eigenvalue weighted by Gasteiger charge is 2.43. The van der Waals surface area contributed by atoms with E-state index in [0.717, 1.165) is 101 Å². The SMILES string of the molecule is Cc1ccc(N(c2ccc(C)cc2)c2cc3c4c(c2)Oc2c(cc(N(c5ccc(C)cc5)c5ccc(C)cc5)c5c2oc2ccccc25)B4c2cc(C)ccc2O3)cc1. The van der Waals surface area contributed by atoms with Crippen molar-refractivity contribution < 1.29 is 13.9 Å². The molecule has 9 aromatic rings. The number of ether oxygens (including phenoxy) is 2. The summed E-state index contributed by atoms with van der Waals surface area (Å²) in [7, 11) is 0. The van der Waals surface area contributed by atoms with Crippen LogP contribution in [0.4, 0.5) is 34.1 Å². The maximum absolute atomic E-state index is 7.27. The number of fused-ring (bicyclic) bond motifs is 8. The van der Waals surface area contributed by atoms with Crippen LogP contribution in [0.2, 0.25) is 0 Å². The molecule has 0 amide bonds. The number of rotatable bonds is 6. The van der Waals surface area contributed by atoms with E-state index in [2.05, 4.69) is 196 Å². The third-order valence-electron chi connectivity index (χ3n) is 11.9. The molecule has 2 aliphatic rings. The van der Waals surface area contributed by atoms with Gasteiger partial charge in [0.2, 0.25) is 0 Å². The molecule has 0 spiro atoms. The molecule has 0 N–H and O–H groups in total. The van der Waals surface area contributed by atoms with Crippen LogP contribution in [0.15, 0.2) is 162 Å². The smallest absolute Gasteiger partial charge is 0.260 e. The predicted molar refractivity (Wildman–Crippen MR) is 244 cm³/mol. The molecule has 0 atom stereocenters. The van der Waals surface area contributed by atoms with E-state index in [9.17, 15) is 0 Å². The Hall–Kier alpha value is -7.18. The van der Waals surface area contributed by atoms with Crippen LogP contribution >= 0.6 is 0 Å². The van der Waals surface area contributed by atoms with E-state index in [4.69, 9.17) is 13.9 Å². The molecule has 0 unspecified atom stereocenters. The Balaban J connectivity index is 1.20. The Morgan fingerprint density at radius 1 is 0.424 bits per heavy atom. The highest BCUT2D eigenvalue weighted by Crippen LogP contribution is 2.49. The highest BCUT2D eigenvalue weighted by molar-refractivity contribution is 6.98. The van der Waals surface area contributed by atoms with Crippen LogP contribution in [0, 0.1) is 34.6 Å². The zero-order valence-electron chi connectivity index (χ0n) is 33.7. The van der Waals surface area contributed by atoms with Gasteiger partial charge in [0.15, 0.2) is 11.3 Å². The minimum Gasteiger partial charge on any atom is -0.458 e. The Bertz CT molecular complexity index is 3010. The molecule has 2 aliphatic heterocycles. The number of aryl methyl sites for hydroxylation is 5. The van der Waals surface area contributed by atoms with Crippen LogP contribution in [0.5, 0.6) is 23.0 Å². The lowest BCUT2D eigenvalue weighted by Gasteiger charge is -2.36. The quantitative estimate of drug-likeness (QED) is 0.158. The molecule has 0 saturated heterocycles. The van der Waals surface area contributed by atoms with Crippen LogP contribution < -0.4 is 35.7 Å². The van der Waals surface area contributed by atoms with Gasteiger partial charge < -0.3 is 23.7 Å². The van der Waals surface area contributed by atoms with E-state index in [1.165, 1.54) is 22.3 Å². The van der Waals surface area contributed by atoms with E-state index < -0.39 is 0 Å². The van der Waals surface area contributed by atoms with E-state index in [0.29, 0.717) is 0 Å². The molecule has 0 bridgehead atoms. The molecule has 11 rings (SSSR count). The van der Waals surface area contributed by atoms with Gasteiger partial charge in [0.1, 0.15) is 22.8 Å². The van der Waals surface area contributed by atoms with Gasteiger partial charge >= 0.3 is 0 Å². The molecule has 3 heterocycles. The zero-order chi connectivity index (χ0) is 39.9. The van der Waals surface area contributed by atoms with E-state index in [-0.39, 0.29) is 6.71 Å². The van der Waals surface area contributed by atoms with Gasteiger partial charge in [-0.2, -0.15) is 0 Å². The fourth-order valence-electron chi connectivity index (χ4n) is 8.88. The number of nitrogens with zero attached hydrogens (tertiary/aromatic N) is 2. The average Bonchev–Trinajstić information content (AvgIpc) is 3.64. The van der Waals surface area contributed by atoms with Crippen molar-refractivity contribution in [1.29, 1.82) is 0 Å².